The van der Waals surface area contributed by atoms with Gasteiger partial charge in [0.1, 0.15) is 11.0 Å². The van der Waals surface area contributed by atoms with Crippen molar-refractivity contribution in [3.8, 4) is 5.88 Å². The summed E-state index contributed by atoms with van der Waals surface area (Å²) < 4.78 is 11.5. The maximum Gasteiger partial charge on any atom is 0.341 e. The number of carbonyl (C=O) groups is 2. The Morgan fingerprint density at radius 1 is 1.46 bits per heavy atom. The number of benzene rings is 1. The Hall–Kier alpha value is -2.81. The quantitative estimate of drug-likeness (QED) is 0.640. The predicted molar refractivity (Wildman–Crippen MR) is 95.4 cm³/mol. The number of esters is 1. The molecule has 1 spiro atoms. The molecule has 8 nitrogen and oxygen atoms in total. The number of H-pyrrole nitrogens is 1. The van der Waals surface area contributed by atoms with Gasteiger partial charge in [0.25, 0.3) is 0 Å². The number of aromatic nitrogens is 2. The Morgan fingerprint density at radius 2 is 2.23 bits per heavy atom. The molecule has 4 rings (SSSR count). The van der Waals surface area contributed by atoms with Crippen molar-refractivity contribution in [3.05, 3.63) is 50.9 Å². The second-order valence-corrected chi connectivity index (χ2v) is 6.90. The normalized spacial score (nSPS) is 20.5. The van der Waals surface area contributed by atoms with Gasteiger partial charge in [0, 0.05) is 21.4 Å². The number of nitrogens with two attached hydrogens (primary N) is 1. The number of amides is 1. The highest BCUT2D eigenvalue weighted by Crippen LogP contribution is 2.54. The Kier molecular flexibility index (Phi) is 3.58. The van der Waals surface area contributed by atoms with Crippen LogP contribution in [0.4, 0.5) is 5.69 Å². The maximum atomic E-state index is 13.3. The van der Waals surface area contributed by atoms with E-state index in [1.807, 2.05) is 0 Å². The van der Waals surface area contributed by atoms with Crippen LogP contribution in [0.5, 0.6) is 5.88 Å². The fourth-order valence-electron chi connectivity index (χ4n) is 3.61. The summed E-state index contributed by atoms with van der Waals surface area (Å²) in [5, 5.41) is 9.73. The van der Waals surface area contributed by atoms with E-state index >= 15 is 0 Å². The average Bonchev–Trinajstić information content (AvgIpc) is 3.07. The lowest BCUT2D eigenvalue weighted by molar-refractivity contribution is -0.140. The molecular formula is C17H15BrN4O4. The van der Waals surface area contributed by atoms with Gasteiger partial charge < -0.3 is 20.5 Å². The van der Waals surface area contributed by atoms with Gasteiger partial charge in [-0.15, -0.1) is 5.10 Å². The van der Waals surface area contributed by atoms with E-state index < -0.39 is 17.3 Å². The number of carbonyl (C=O) groups excluding carboxylic acids is 2. The minimum absolute atomic E-state index is 0.0503. The summed E-state index contributed by atoms with van der Waals surface area (Å²) in [6.45, 7) is 3.57. The number of halogens is 1. The molecule has 9 heteroatoms. The monoisotopic (exact) mass is 418 g/mol. The van der Waals surface area contributed by atoms with Crippen molar-refractivity contribution in [3.63, 3.8) is 0 Å². The first-order valence-electron chi connectivity index (χ1n) is 7.93. The van der Waals surface area contributed by atoms with Gasteiger partial charge in [-0.1, -0.05) is 15.9 Å². The zero-order chi connectivity index (χ0) is 18.6. The predicted octanol–water partition coefficient (Wildman–Crippen LogP) is 1.84. The highest BCUT2D eigenvalue weighted by Gasteiger charge is 2.60. The van der Waals surface area contributed by atoms with Crippen LogP contribution in [0.15, 0.2) is 34.1 Å². The lowest BCUT2D eigenvalue weighted by Gasteiger charge is -2.33. The van der Waals surface area contributed by atoms with Crippen molar-refractivity contribution in [2.24, 2.45) is 5.73 Å². The van der Waals surface area contributed by atoms with Gasteiger partial charge in [-0.05, 0) is 32.0 Å². The largest absolute Gasteiger partial charge is 0.462 e. The van der Waals surface area contributed by atoms with E-state index in [0.717, 1.165) is 4.47 Å². The molecule has 0 aliphatic carbocycles. The number of hydrogen-bond donors (Lipinski definition) is 3. The molecule has 0 fully saturated rings. The molecule has 2 aliphatic rings. The molecule has 1 unspecified atom stereocenters. The van der Waals surface area contributed by atoms with Crippen molar-refractivity contribution in [1.29, 1.82) is 0 Å². The van der Waals surface area contributed by atoms with E-state index in [1.165, 1.54) is 0 Å². The number of anilines is 1. The van der Waals surface area contributed by atoms with Gasteiger partial charge in [0.05, 0.1) is 12.2 Å². The van der Waals surface area contributed by atoms with E-state index in [4.69, 9.17) is 15.2 Å². The van der Waals surface area contributed by atoms with E-state index in [1.54, 1.807) is 32.0 Å². The number of aryl methyl sites for hydroxylation is 1. The standard InChI is InChI=1S/C17H15BrN4O4/c1-3-25-15(23)12-13(19)26-14-11(7(2)21-22-14)17(12)9-6-8(18)4-5-10(9)20-16(17)24/h4-6H,3,19H2,1-2H3,(H,20,24)(H,21,22). The average molecular weight is 419 g/mol. The zero-order valence-electron chi connectivity index (χ0n) is 14.0. The Morgan fingerprint density at radius 3 is 2.96 bits per heavy atom. The third-order valence-corrected chi connectivity index (χ3v) is 5.06. The summed E-state index contributed by atoms with van der Waals surface area (Å²) in [6, 6.07) is 5.34. The molecule has 26 heavy (non-hydrogen) atoms. The van der Waals surface area contributed by atoms with E-state index in [9.17, 15) is 9.59 Å². The number of hydrogen-bond acceptors (Lipinski definition) is 6. The Balaban J connectivity index is 2.12. The van der Waals surface area contributed by atoms with Crippen molar-refractivity contribution in [1.82, 2.24) is 10.2 Å². The minimum Gasteiger partial charge on any atom is -0.462 e. The third kappa shape index (κ3) is 1.97. The summed E-state index contributed by atoms with van der Waals surface area (Å²) in [4.78, 5) is 26.1. The molecule has 2 aliphatic heterocycles. The molecule has 0 saturated carbocycles. The van der Waals surface area contributed by atoms with Gasteiger partial charge >= 0.3 is 5.97 Å². The molecule has 4 N–H and O–H groups in total. The topological polar surface area (TPSA) is 119 Å². The summed E-state index contributed by atoms with van der Waals surface area (Å²) in [5.41, 5.74) is 6.71. The molecule has 134 valence electrons. The number of nitrogens with one attached hydrogen (secondary N) is 2. The van der Waals surface area contributed by atoms with E-state index in [0.29, 0.717) is 22.5 Å². The molecule has 0 saturated heterocycles. The van der Waals surface area contributed by atoms with E-state index in [-0.39, 0.29) is 23.9 Å². The van der Waals surface area contributed by atoms with E-state index in [2.05, 4.69) is 31.4 Å². The van der Waals surface area contributed by atoms with Crippen molar-refractivity contribution < 1.29 is 19.1 Å². The molecule has 0 bridgehead atoms. The van der Waals surface area contributed by atoms with Crippen LogP contribution in [-0.4, -0.2) is 28.7 Å². The fraction of sp³-hybridized carbons (Fsp3) is 0.235. The van der Waals surface area contributed by atoms with Crippen LogP contribution in [-0.2, 0) is 19.7 Å². The van der Waals surface area contributed by atoms with Crippen LogP contribution >= 0.6 is 15.9 Å². The van der Waals surface area contributed by atoms with Crippen LogP contribution in [0, 0.1) is 6.92 Å². The molecule has 1 atom stereocenters. The summed E-state index contributed by atoms with van der Waals surface area (Å²) in [5.74, 6) is -1.16. The van der Waals surface area contributed by atoms with Crippen LogP contribution in [0.1, 0.15) is 23.7 Å². The number of fused-ring (bicyclic) bond motifs is 4. The van der Waals surface area contributed by atoms with Crippen molar-refractivity contribution in [2.75, 3.05) is 11.9 Å². The highest BCUT2D eigenvalue weighted by atomic mass is 79.9. The molecule has 0 radical (unpaired) electrons. The molecule has 1 aromatic heterocycles. The minimum atomic E-state index is -1.50. The summed E-state index contributed by atoms with van der Waals surface area (Å²) >= 11 is 3.43. The molecule has 2 aromatic rings. The highest BCUT2D eigenvalue weighted by molar-refractivity contribution is 9.10. The second-order valence-electron chi connectivity index (χ2n) is 5.98. The Labute approximate surface area is 156 Å². The number of nitrogens with zero attached hydrogens (tertiary/aromatic N) is 1. The van der Waals surface area contributed by atoms with Gasteiger partial charge in [-0.2, -0.15) is 0 Å². The maximum absolute atomic E-state index is 13.3. The fourth-order valence-corrected chi connectivity index (χ4v) is 3.98. The van der Waals surface area contributed by atoms with Crippen LogP contribution in [0.25, 0.3) is 0 Å². The lowest BCUT2D eigenvalue weighted by Crippen LogP contribution is -2.46. The van der Waals surface area contributed by atoms with Crippen LogP contribution < -0.4 is 15.8 Å². The van der Waals surface area contributed by atoms with Gasteiger partial charge in [0.15, 0.2) is 0 Å². The van der Waals surface area contributed by atoms with Crippen molar-refractivity contribution >= 4 is 33.5 Å². The number of rotatable bonds is 2. The van der Waals surface area contributed by atoms with Crippen LogP contribution in [0.3, 0.4) is 0 Å². The molecule has 3 heterocycles. The first-order chi connectivity index (χ1) is 12.4. The molecule has 1 amide bonds. The van der Waals surface area contributed by atoms with Crippen LogP contribution in [0.2, 0.25) is 0 Å². The summed E-state index contributed by atoms with van der Waals surface area (Å²) in [7, 11) is 0. The summed E-state index contributed by atoms with van der Waals surface area (Å²) in [6.07, 6.45) is 0. The Bertz CT molecular complexity index is 997. The second kappa shape index (κ2) is 5.60. The third-order valence-electron chi connectivity index (χ3n) is 4.57. The first-order valence-corrected chi connectivity index (χ1v) is 8.72. The molecule has 1 aromatic carbocycles. The molecular weight excluding hydrogens is 404 g/mol. The van der Waals surface area contributed by atoms with Crippen molar-refractivity contribution in [2.45, 2.75) is 19.3 Å². The zero-order valence-corrected chi connectivity index (χ0v) is 15.6. The SMILES string of the molecule is CCOC(=O)C1=C(N)Oc2n[nH]c(C)c2C12C(=O)Nc1ccc(Br)cc12. The van der Waals surface area contributed by atoms with Gasteiger partial charge in [0.2, 0.25) is 17.7 Å². The lowest BCUT2D eigenvalue weighted by atomic mass is 9.68. The van der Waals surface area contributed by atoms with Gasteiger partial charge in [-0.25, -0.2) is 4.79 Å². The number of aromatic amines is 1. The number of ether oxygens (including phenoxy) is 2. The smallest absolute Gasteiger partial charge is 0.341 e. The first kappa shape index (κ1) is 16.6. The van der Waals surface area contributed by atoms with Gasteiger partial charge in [-0.3, -0.25) is 9.89 Å².